The maximum Gasteiger partial charge on any atom is 0.0343 e. The van der Waals surface area contributed by atoms with Crippen LogP contribution in [-0.4, -0.2) is 7.05 Å². The van der Waals surface area contributed by atoms with E-state index in [2.05, 4.69) is 56.5 Å². The zero-order chi connectivity index (χ0) is 11.1. The Labute approximate surface area is 93.9 Å². The first-order valence-corrected chi connectivity index (χ1v) is 6.01. The average Bonchev–Trinajstić information content (AvgIpc) is 2.29. The molecule has 84 valence electrons. The Bertz CT molecular complexity index is 255. The highest BCUT2D eigenvalue weighted by Gasteiger charge is 2.16. The summed E-state index contributed by atoms with van der Waals surface area (Å²) in [6, 6.07) is 11.2. The van der Waals surface area contributed by atoms with Gasteiger partial charge >= 0.3 is 0 Å². The molecule has 0 aliphatic rings. The molecule has 0 spiro atoms. The molecule has 1 heteroatoms. The minimum Gasteiger partial charge on any atom is -0.313 e. The van der Waals surface area contributed by atoms with E-state index >= 15 is 0 Å². The zero-order valence-corrected chi connectivity index (χ0v) is 10.2. The second-order valence-corrected chi connectivity index (χ2v) is 4.30. The lowest BCUT2D eigenvalue weighted by atomic mass is 9.90. The van der Waals surface area contributed by atoms with Gasteiger partial charge in [-0.2, -0.15) is 0 Å². The highest BCUT2D eigenvalue weighted by Crippen LogP contribution is 2.25. The van der Waals surface area contributed by atoms with Gasteiger partial charge in [-0.25, -0.2) is 0 Å². The van der Waals surface area contributed by atoms with Gasteiger partial charge in [-0.05, 0) is 24.9 Å². The molecule has 0 amide bonds. The van der Waals surface area contributed by atoms with Crippen LogP contribution in [0.5, 0.6) is 0 Å². The third-order valence-electron chi connectivity index (χ3n) is 3.05. The lowest BCUT2D eigenvalue weighted by Crippen LogP contribution is -2.23. The summed E-state index contributed by atoms with van der Waals surface area (Å²) in [5, 5.41) is 3.43. The Hall–Kier alpha value is -0.820. The summed E-state index contributed by atoms with van der Waals surface area (Å²) in [6.07, 6.45) is 3.92. The number of unbranched alkanes of at least 4 members (excludes halogenated alkanes) is 1. The third kappa shape index (κ3) is 3.67. The highest BCUT2D eigenvalue weighted by atomic mass is 14.9. The largest absolute Gasteiger partial charge is 0.313 e. The molecule has 1 rings (SSSR count). The number of rotatable bonds is 6. The van der Waals surface area contributed by atoms with E-state index in [0.717, 1.165) is 0 Å². The molecule has 0 radical (unpaired) electrons. The zero-order valence-electron chi connectivity index (χ0n) is 10.2. The van der Waals surface area contributed by atoms with Crippen LogP contribution < -0.4 is 5.32 Å². The van der Waals surface area contributed by atoms with E-state index in [4.69, 9.17) is 0 Å². The van der Waals surface area contributed by atoms with Gasteiger partial charge in [0.25, 0.3) is 0 Å². The molecule has 1 aromatic carbocycles. The summed E-state index contributed by atoms with van der Waals surface area (Å²) in [5.74, 6) is 0.706. The fourth-order valence-corrected chi connectivity index (χ4v) is 2.13. The van der Waals surface area contributed by atoms with E-state index in [-0.39, 0.29) is 0 Å². The normalized spacial score (nSPS) is 14.9. The van der Waals surface area contributed by atoms with Crippen LogP contribution in [0.15, 0.2) is 30.3 Å². The maximum absolute atomic E-state index is 3.43. The van der Waals surface area contributed by atoms with Crippen molar-refractivity contribution >= 4 is 0 Å². The molecular formula is C14H23N. The summed E-state index contributed by atoms with van der Waals surface area (Å²) in [6.45, 7) is 4.59. The second-order valence-electron chi connectivity index (χ2n) is 4.30. The van der Waals surface area contributed by atoms with Crippen molar-refractivity contribution in [1.29, 1.82) is 0 Å². The predicted molar refractivity (Wildman–Crippen MR) is 66.9 cm³/mol. The van der Waals surface area contributed by atoms with Gasteiger partial charge in [-0.15, -0.1) is 0 Å². The lowest BCUT2D eigenvalue weighted by Gasteiger charge is -2.23. The maximum atomic E-state index is 3.43. The SMILES string of the molecule is CCCCC(C)C(NC)c1ccccc1. The molecule has 15 heavy (non-hydrogen) atoms. The van der Waals surface area contributed by atoms with Crippen LogP contribution in [0.2, 0.25) is 0 Å². The van der Waals surface area contributed by atoms with Gasteiger partial charge < -0.3 is 5.32 Å². The van der Waals surface area contributed by atoms with E-state index in [1.54, 1.807) is 0 Å². The highest BCUT2D eigenvalue weighted by molar-refractivity contribution is 5.19. The van der Waals surface area contributed by atoms with E-state index in [0.29, 0.717) is 12.0 Å². The van der Waals surface area contributed by atoms with Crippen molar-refractivity contribution in [3.8, 4) is 0 Å². The molecule has 0 saturated heterocycles. The first kappa shape index (κ1) is 12.3. The van der Waals surface area contributed by atoms with Gasteiger partial charge in [-0.1, -0.05) is 57.0 Å². The van der Waals surface area contributed by atoms with E-state index in [9.17, 15) is 0 Å². The Morgan fingerprint density at radius 2 is 1.87 bits per heavy atom. The fraction of sp³-hybridized carbons (Fsp3) is 0.571. The van der Waals surface area contributed by atoms with Crippen LogP contribution in [0, 0.1) is 5.92 Å². The van der Waals surface area contributed by atoms with E-state index < -0.39 is 0 Å². The monoisotopic (exact) mass is 205 g/mol. The van der Waals surface area contributed by atoms with Gasteiger partial charge in [0.05, 0.1) is 0 Å². The van der Waals surface area contributed by atoms with Gasteiger partial charge in [0.1, 0.15) is 0 Å². The summed E-state index contributed by atoms with van der Waals surface area (Å²) in [7, 11) is 2.06. The van der Waals surface area contributed by atoms with Crippen LogP contribution in [-0.2, 0) is 0 Å². The van der Waals surface area contributed by atoms with Crippen LogP contribution >= 0.6 is 0 Å². The summed E-state index contributed by atoms with van der Waals surface area (Å²) in [4.78, 5) is 0. The van der Waals surface area contributed by atoms with Crippen molar-refractivity contribution in [2.24, 2.45) is 5.92 Å². The molecule has 1 aromatic rings. The Morgan fingerprint density at radius 3 is 2.40 bits per heavy atom. The molecule has 2 atom stereocenters. The van der Waals surface area contributed by atoms with Crippen molar-refractivity contribution in [2.45, 2.75) is 39.2 Å². The number of hydrogen-bond donors (Lipinski definition) is 1. The molecule has 0 aromatic heterocycles. The molecule has 1 N–H and O–H groups in total. The number of benzene rings is 1. The lowest BCUT2D eigenvalue weighted by molar-refractivity contribution is 0.377. The molecule has 0 aliphatic heterocycles. The topological polar surface area (TPSA) is 12.0 Å². The summed E-state index contributed by atoms with van der Waals surface area (Å²) >= 11 is 0. The molecule has 0 bridgehead atoms. The van der Waals surface area contributed by atoms with E-state index in [1.165, 1.54) is 24.8 Å². The Balaban J connectivity index is 2.63. The van der Waals surface area contributed by atoms with Gasteiger partial charge in [0.15, 0.2) is 0 Å². The fourth-order valence-electron chi connectivity index (χ4n) is 2.13. The minimum absolute atomic E-state index is 0.498. The van der Waals surface area contributed by atoms with Crippen LogP contribution in [0.3, 0.4) is 0 Å². The minimum atomic E-state index is 0.498. The molecule has 0 heterocycles. The molecular weight excluding hydrogens is 182 g/mol. The molecule has 0 fully saturated rings. The van der Waals surface area contributed by atoms with Gasteiger partial charge in [0.2, 0.25) is 0 Å². The van der Waals surface area contributed by atoms with Crippen molar-refractivity contribution in [3.05, 3.63) is 35.9 Å². The first-order chi connectivity index (χ1) is 7.29. The quantitative estimate of drug-likeness (QED) is 0.745. The van der Waals surface area contributed by atoms with Gasteiger partial charge in [0, 0.05) is 6.04 Å². The first-order valence-electron chi connectivity index (χ1n) is 6.01. The third-order valence-corrected chi connectivity index (χ3v) is 3.05. The van der Waals surface area contributed by atoms with Crippen molar-refractivity contribution in [3.63, 3.8) is 0 Å². The van der Waals surface area contributed by atoms with Crippen molar-refractivity contribution in [1.82, 2.24) is 5.32 Å². The summed E-state index contributed by atoms with van der Waals surface area (Å²) < 4.78 is 0. The standard InChI is InChI=1S/C14H23N/c1-4-5-9-12(2)14(15-3)13-10-7-6-8-11-13/h6-8,10-12,14-15H,4-5,9H2,1-3H3. The Kier molecular flexibility index (Phi) is 5.41. The van der Waals surface area contributed by atoms with Crippen molar-refractivity contribution in [2.75, 3.05) is 7.05 Å². The predicted octanol–water partition coefficient (Wildman–Crippen LogP) is 3.77. The molecule has 2 unspecified atom stereocenters. The van der Waals surface area contributed by atoms with Crippen LogP contribution in [0.4, 0.5) is 0 Å². The smallest absolute Gasteiger partial charge is 0.0343 e. The number of nitrogens with one attached hydrogen (secondary N) is 1. The summed E-state index contributed by atoms with van der Waals surface area (Å²) in [5.41, 5.74) is 1.41. The van der Waals surface area contributed by atoms with Crippen LogP contribution in [0.25, 0.3) is 0 Å². The Morgan fingerprint density at radius 1 is 1.20 bits per heavy atom. The van der Waals surface area contributed by atoms with Gasteiger partial charge in [-0.3, -0.25) is 0 Å². The number of hydrogen-bond acceptors (Lipinski definition) is 1. The second kappa shape index (κ2) is 6.62. The molecule has 1 nitrogen and oxygen atoms in total. The molecule has 0 saturated carbocycles. The van der Waals surface area contributed by atoms with E-state index in [1.807, 2.05) is 0 Å². The van der Waals surface area contributed by atoms with Crippen molar-refractivity contribution < 1.29 is 0 Å². The average molecular weight is 205 g/mol. The van der Waals surface area contributed by atoms with Crippen LogP contribution in [0.1, 0.15) is 44.7 Å². The molecule has 0 aliphatic carbocycles.